The monoisotopic (exact) mass is 420 g/mol. The number of piperidine rings is 1. The van der Waals surface area contributed by atoms with Crippen molar-refractivity contribution in [2.45, 2.75) is 26.2 Å². The normalized spacial score (nSPS) is 13.8. The molecular weight excluding hydrogens is 392 g/mol. The van der Waals surface area contributed by atoms with E-state index in [0.29, 0.717) is 30.5 Å². The summed E-state index contributed by atoms with van der Waals surface area (Å²) >= 11 is 0. The highest BCUT2D eigenvalue weighted by Gasteiger charge is 2.15. The minimum atomic E-state index is -0.186. The second kappa shape index (κ2) is 9.59. The Hall–Kier alpha value is -3.42. The van der Waals surface area contributed by atoms with Crippen LogP contribution in [0.25, 0.3) is 11.3 Å². The molecule has 0 saturated carbocycles. The van der Waals surface area contributed by atoms with Crippen molar-refractivity contribution in [3.05, 3.63) is 54.0 Å². The van der Waals surface area contributed by atoms with Gasteiger partial charge in [-0.05, 0) is 32.3 Å². The number of nitrogens with zero attached hydrogens (tertiary/aromatic N) is 5. The fourth-order valence-electron chi connectivity index (χ4n) is 3.72. The lowest BCUT2D eigenvalue weighted by Crippen LogP contribution is -2.31. The van der Waals surface area contributed by atoms with Crippen LogP contribution < -0.4 is 15.0 Å². The van der Waals surface area contributed by atoms with Gasteiger partial charge in [0.1, 0.15) is 23.9 Å². The summed E-state index contributed by atoms with van der Waals surface area (Å²) in [6.07, 6.45) is 3.64. The summed E-state index contributed by atoms with van der Waals surface area (Å²) in [5.41, 5.74) is 2.25. The van der Waals surface area contributed by atoms with E-state index in [1.54, 1.807) is 17.8 Å². The van der Waals surface area contributed by atoms with Crippen LogP contribution in [0.4, 0.5) is 5.82 Å². The van der Waals surface area contributed by atoms with E-state index in [1.165, 1.54) is 19.3 Å². The van der Waals surface area contributed by atoms with Gasteiger partial charge in [-0.3, -0.25) is 9.48 Å². The molecule has 1 aromatic carbocycles. The van der Waals surface area contributed by atoms with Gasteiger partial charge in [-0.15, -0.1) is 0 Å². The van der Waals surface area contributed by atoms with E-state index in [2.05, 4.69) is 25.3 Å². The predicted molar refractivity (Wildman–Crippen MR) is 119 cm³/mol. The second-order valence-electron chi connectivity index (χ2n) is 7.67. The summed E-state index contributed by atoms with van der Waals surface area (Å²) in [6, 6.07) is 13.5. The standard InChI is InChI=1S/C23H28N6O2/c1-17-25-21(29-12-7-4-8-13-29)16-22(26-17)31-14-11-24-23(30)20-15-19(27-28(20)2)18-9-5-3-6-10-18/h3,5-6,9-10,15-16H,4,7-8,11-14H2,1-2H3,(H,24,30). The Morgan fingerprint density at radius 2 is 1.87 bits per heavy atom. The molecule has 3 heterocycles. The van der Waals surface area contributed by atoms with Gasteiger partial charge < -0.3 is 15.0 Å². The molecule has 1 N–H and O–H groups in total. The van der Waals surface area contributed by atoms with Gasteiger partial charge in [0.05, 0.1) is 12.2 Å². The molecular formula is C23H28N6O2. The molecule has 1 aliphatic rings. The van der Waals surface area contributed by atoms with Gasteiger partial charge in [-0.1, -0.05) is 30.3 Å². The zero-order valence-corrected chi connectivity index (χ0v) is 18.0. The van der Waals surface area contributed by atoms with Crippen molar-refractivity contribution < 1.29 is 9.53 Å². The van der Waals surface area contributed by atoms with Gasteiger partial charge in [0.25, 0.3) is 5.91 Å². The molecule has 1 aliphatic heterocycles. The first kappa shape index (κ1) is 20.8. The molecule has 1 fully saturated rings. The first-order chi connectivity index (χ1) is 15.1. The predicted octanol–water partition coefficient (Wildman–Crippen LogP) is 2.98. The summed E-state index contributed by atoms with van der Waals surface area (Å²) in [6.45, 7) is 4.59. The Morgan fingerprint density at radius 1 is 1.10 bits per heavy atom. The van der Waals surface area contributed by atoms with Gasteiger partial charge in [0.2, 0.25) is 5.88 Å². The topological polar surface area (TPSA) is 85.2 Å². The first-order valence-corrected chi connectivity index (χ1v) is 10.7. The summed E-state index contributed by atoms with van der Waals surface area (Å²) in [5.74, 6) is 1.95. The lowest BCUT2D eigenvalue weighted by molar-refractivity contribution is 0.0937. The van der Waals surface area contributed by atoms with Crippen LogP contribution >= 0.6 is 0 Å². The van der Waals surface area contributed by atoms with E-state index < -0.39 is 0 Å². The SMILES string of the molecule is Cc1nc(OCCNC(=O)c2cc(-c3ccccc3)nn2C)cc(N2CCCCC2)n1. The maximum Gasteiger partial charge on any atom is 0.269 e. The lowest BCUT2D eigenvalue weighted by Gasteiger charge is -2.28. The Morgan fingerprint density at radius 3 is 2.65 bits per heavy atom. The van der Waals surface area contributed by atoms with Crippen molar-refractivity contribution in [2.75, 3.05) is 31.1 Å². The third-order valence-corrected chi connectivity index (χ3v) is 5.30. The third kappa shape index (κ3) is 5.20. The fraction of sp³-hybridized carbons (Fsp3) is 0.391. The quantitative estimate of drug-likeness (QED) is 0.592. The Balaban J connectivity index is 1.31. The van der Waals surface area contributed by atoms with E-state index >= 15 is 0 Å². The maximum atomic E-state index is 12.6. The minimum absolute atomic E-state index is 0.186. The molecule has 0 radical (unpaired) electrons. The number of carbonyl (C=O) groups excluding carboxylic acids is 1. The molecule has 162 valence electrons. The van der Waals surface area contributed by atoms with Crippen LogP contribution in [0.1, 0.15) is 35.6 Å². The van der Waals surface area contributed by atoms with Crippen LogP contribution in [-0.4, -0.2) is 51.9 Å². The summed E-state index contributed by atoms with van der Waals surface area (Å²) in [4.78, 5) is 23.8. The highest BCUT2D eigenvalue weighted by Crippen LogP contribution is 2.21. The van der Waals surface area contributed by atoms with Gasteiger partial charge in [-0.25, -0.2) is 4.98 Å². The number of ether oxygens (including phenoxy) is 1. The zero-order valence-electron chi connectivity index (χ0n) is 18.0. The van der Waals surface area contributed by atoms with Gasteiger partial charge in [-0.2, -0.15) is 10.1 Å². The average molecular weight is 421 g/mol. The van der Waals surface area contributed by atoms with Crippen molar-refractivity contribution in [1.82, 2.24) is 25.1 Å². The second-order valence-corrected chi connectivity index (χ2v) is 7.67. The number of anilines is 1. The molecule has 1 saturated heterocycles. The van der Waals surface area contributed by atoms with E-state index in [1.807, 2.05) is 43.3 Å². The minimum Gasteiger partial charge on any atom is -0.476 e. The summed E-state index contributed by atoms with van der Waals surface area (Å²) in [7, 11) is 1.77. The van der Waals surface area contributed by atoms with Crippen LogP contribution in [0.15, 0.2) is 42.5 Å². The average Bonchev–Trinajstić information content (AvgIpc) is 3.19. The van der Waals surface area contributed by atoms with Gasteiger partial charge >= 0.3 is 0 Å². The van der Waals surface area contributed by atoms with E-state index in [0.717, 1.165) is 30.2 Å². The van der Waals surface area contributed by atoms with Crippen LogP contribution in [-0.2, 0) is 7.05 Å². The molecule has 0 spiro atoms. The van der Waals surface area contributed by atoms with Crippen LogP contribution in [0, 0.1) is 6.92 Å². The summed E-state index contributed by atoms with van der Waals surface area (Å²) < 4.78 is 7.39. The lowest BCUT2D eigenvalue weighted by atomic mass is 10.1. The third-order valence-electron chi connectivity index (χ3n) is 5.30. The van der Waals surface area contributed by atoms with Gasteiger partial charge in [0, 0.05) is 31.8 Å². The molecule has 0 aliphatic carbocycles. The Labute approximate surface area is 182 Å². The van der Waals surface area contributed by atoms with Crippen molar-refractivity contribution in [3.8, 4) is 17.1 Å². The molecule has 2 aromatic heterocycles. The van der Waals surface area contributed by atoms with Crippen LogP contribution in [0.3, 0.4) is 0 Å². The molecule has 31 heavy (non-hydrogen) atoms. The number of hydrogen-bond acceptors (Lipinski definition) is 6. The largest absolute Gasteiger partial charge is 0.476 e. The number of rotatable bonds is 7. The number of nitrogens with one attached hydrogen (secondary N) is 1. The number of amides is 1. The van der Waals surface area contributed by atoms with Crippen LogP contribution in [0.5, 0.6) is 5.88 Å². The van der Waals surface area contributed by atoms with Gasteiger partial charge in [0.15, 0.2) is 0 Å². The number of aromatic nitrogens is 4. The van der Waals surface area contributed by atoms with Crippen molar-refractivity contribution in [2.24, 2.45) is 7.05 Å². The molecule has 0 unspecified atom stereocenters. The summed E-state index contributed by atoms with van der Waals surface area (Å²) in [5, 5.41) is 7.33. The highest BCUT2D eigenvalue weighted by molar-refractivity contribution is 5.93. The van der Waals surface area contributed by atoms with E-state index in [9.17, 15) is 4.79 Å². The molecule has 8 heteroatoms. The van der Waals surface area contributed by atoms with Crippen molar-refractivity contribution in [1.29, 1.82) is 0 Å². The molecule has 4 rings (SSSR count). The van der Waals surface area contributed by atoms with Crippen molar-refractivity contribution in [3.63, 3.8) is 0 Å². The zero-order chi connectivity index (χ0) is 21.6. The number of aryl methyl sites for hydroxylation is 2. The highest BCUT2D eigenvalue weighted by atomic mass is 16.5. The Bertz CT molecular complexity index is 1030. The number of benzene rings is 1. The van der Waals surface area contributed by atoms with Crippen LogP contribution in [0.2, 0.25) is 0 Å². The molecule has 0 atom stereocenters. The molecule has 0 bridgehead atoms. The van der Waals surface area contributed by atoms with E-state index in [-0.39, 0.29) is 5.91 Å². The number of carbonyl (C=O) groups is 1. The smallest absolute Gasteiger partial charge is 0.269 e. The molecule has 1 amide bonds. The molecule has 8 nitrogen and oxygen atoms in total. The first-order valence-electron chi connectivity index (χ1n) is 10.7. The maximum absolute atomic E-state index is 12.6. The Kier molecular flexibility index (Phi) is 6.45. The van der Waals surface area contributed by atoms with Crippen molar-refractivity contribution >= 4 is 11.7 Å². The molecule has 3 aromatic rings. The number of hydrogen-bond donors (Lipinski definition) is 1. The van der Waals surface area contributed by atoms with E-state index in [4.69, 9.17) is 4.74 Å². The fourth-order valence-corrected chi connectivity index (χ4v) is 3.72.